The summed E-state index contributed by atoms with van der Waals surface area (Å²) in [7, 11) is 0. The average Bonchev–Trinajstić information content (AvgIpc) is 3.00. The van der Waals surface area contributed by atoms with Gasteiger partial charge in [-0.1, -0.05) is 12.1 Å². The number of benzene rings is 1. The lowest BCUT2D eigenvalue weighted by Gasteiger charge is -2.18. The lowest BCUT2D eigenvalue weighted by molar-refractivity contribution is -0.127. The topological polar surface area (TPSA) is 41.6 Å². The fourth-order valence-electron chi connectivity index (χ4n) is 2.74. The summed E-state index contributed by atoms with van der Waals surface area (Å²) >= 11 is 0. The standard InChI is InChI=1S/C18H28N2O2/c1-14-7-8-15(2)17(13-14)22-16(3)18(21)19-9-6-12-20-10-4-5-11-20/h7-8,13,16H,4-6,9-12H2,1-3H3,(H,19,21). The van der Waals surface area contributed by atoms with E-state index in [1.165, 1.54) is 25.9 Å². The van der Waals surface area contributed by atoms with E-state index in [-0.39, 0.29) is 5.91 Å². The maximum Gasteiger partial charge on any atom is 0.260 e. The highest BCUT2D eigenvalue weighted by Gasteiger charge is 2.16. The van der Waals surface area contributed by atoms with Gasteiger partial charge in [-0.25, -0.2) is 0 Å². The van der Waals surface area contributed by atoms with E-state index < -0.39 is 6.10 Å². The second kappa shape index (κ2) is 8.18. The summed E-state index contributed by atoms with van der Waals surface area (Å²) in [4.78, 5) is 14.6. The van der Waals surface area contributed by atoms with Crippen molar-refractivity contribution < 1.29 is 9.53 Å². The predicted molar refractivity (Wildman–Crippen MR) is 89.3 cm³/mol. The van der Waals surface area contributed by atoms with E-state index in [9.17, 15) is 4.79 Å². The summed E-state index contributed by atoms with van der Waals surface area (Å²) in [6.07, 6.45) is 3.16. The van der Waals surface area contributed by atoms with E-state index in [1.54, 1.807) is 6.92 Å². The molecule has 1 fully saturated rings. The maximum absolute atomic E-state index is 12.1. The molecule has 1 aliphatic heterocycles. The van der Waals surface area contributed by atoms with E-state index in [2.05, 4.69) is 10.2 Å². The molecule has 1 aliphatic rings. The molecule has 122 valence electrons. The number of nitrogens with zero attached hydrogens (tertiary/aromatic N) is 1. The molecule has 0 spiro atoms. The van der Waals surface area contributed by atoms with Crippen LogP contribution in [-0.4, -0.2) is 43.1 Å². The first-order valence-corrected chi connectivity index (χ1v) is 8.30. The molecule has 1 N–H and O–H groups in total. The van der Waals surface area contributed by atoms with Crippen LogP contribution in [0.15, 0.2) is 18.2 Å². The van der Waals surface area contributed by atoms with Gasteiger partial charge in [-0.3, -0.25) is 4.79 Å². The van der Waals surface area contributed by atoms with Gasteiger partial charge < -0.3 is 15.0 Å². The van der Waals surface area contributed by atoms with Crippen molar-refractivity contribution in [1.82, 2.24) is 10.2 Å². The van der Waals surface area contributed by atoms with E-state index in [0.29, 0.717) is 0 Å². The Hall–Kier alpha value is -1.55. The van der Waals surface area contributed by atoms with Crippen LogP contribution in [0, 0.1) is 13.8 Å². The maximum atomic E-state index is 12.1. The molecule has 22 heavy (non-hydrogen) atoms. The minimum atomic E-state index is -0.465. The number of nitrogens with one attached hydrogen (secondary N) is 1. The number of amides is 1. The Kier molecular flexibility index (Phi) is 6.25. The Morgan fingerprint density at radius 2 is 2.05 bits per heavy atom. The van der Waals surface area contributed by atoms with Crippen molar-refractivity contribution in [3.63, 3.8) is 0 Å². The summed E-state index contributed by atoms with van der Waals surface area (Å²) in [5.74, 6) is 0.752. The molecule has 0 bridgehead atoms. The molecule has 1 unspecified atom stereocenters. The second-order valence-corrected chi connectivity index (χ2v) is 6.22. The van der Waals surface area contributed by atoms with Crippen LogP contribution < -0.4 is 10.1 Å². The van der Waals surface area contributed by atoms with E-state index in [1.807, 2.05) is 32.0 Å². The molecule has 4 heteroatoms. The molecule has 1 aromatic rings. The fraction of sp³-hybridized carbons (Fsp3) is 0.611. The van der Waals surface area contributed by atoms with Gasteiger partial charge in [0.25, 0.3) is 5.91 Å². The summed E-state index contributed by atoms with van der Waals surface area (Å²) in [6.45, 7) is 10.0. The van der Waals surface area contributed by atoms with Crippen LogP contribution in [0.1, 0.15) is 37.3 Å². The first-order chi connectivity index (χ1) is 10.6. The Balaban J connectivity index is 1.71. The van der Waals surface area contributed by atoms with Crippen LogP contribution in [-0.2, 0) is 4.79 Å². The van der Waals surface area contributed by atoms with E-state index >= 15 is 0 Å². The summed E-state index contributed by atoms with van der Waals surface area (Å²) < 4.78 is 5.80. The first-order valence-electron chi connectivity index (χ1n) is 8.30. The molecule has 2 rings (SSSR count). The third-order valence-corrected chi connectivity index (χ3v) is 4.17. The Labute approximate surface area is 133 Å². The fourth-order valence-corrected chi connectivity index (χ4v) is 2.74. The molecule has 1 aromatic carbocycles. The SMILES string of the molecule is Cc1ccc(C)c(OC(C)C(=O)NCCCN2CCCC2)c1. The van der Waals surface area contributed by atoms with Crippen LogP contribution in [0.5, 0.6) is 5.75 Å². The molecule has 1 heterocycles. The van der Waals surface area contributed by atoms with Crippen LogP contribution in [0.4, 0.5) is 0 Å². The molecule has 4 nitrogen and oxygen atoms in total. The summed E-state index contributed by atoms with van der Waals surface area (Å²) in [6, 6.07) is 6.04. The van der Waals surface area contributed by atoms with E-state index in [0.717, 1.165) is 36.4 Å². The van der Waals surface area contributed by atoms with Gasteiger partial charge in [0.15, 0.2) is 6.10 Å². The Bertz CT molecular complexity index is 496. The minimum Gasteiger partial charge on any atom is -0.481 e. The van der Waals surface area contributed by atoms with Crippen LogP contribution in [0.25, 0.3) is 0 Å². The molecule has 0 saturated carbocycles. The predicted octanol–water partition coefficient (Wildman–Crippen LogP) is 2.67. The first kappa shape index (κ1) is 16.8. The summed E-state index contributed by atoms with van der Waals surface area (Å²) in [5, 5.41) is 2.97. The molecule has 1 saturated heterocycles. The average molecular weight is 304 g/mol. The van der Waals surface area contributed by atoms with E-state index in [4.69, 9.17) is 4.74 Å². The monoisotopic (exact) mass is 304 g/mol. The number of aryl methyl sites for hydroxylation is 2. The van der Waals surface area contributed by atoms with Crippen LogP contribution in [0.3, 0.4) is 0 Å². The quantitative estimate of drug-likeness (QED) is 0.788. The molecular weight excluding hydrogens is 276 g/mol. The lowest BCUT2D eigenvalue weighted by Crippen LogP contribution is -2.37. The third kappa shape index (κ3) is 5.02. The zero-order valence-electron chi connectivity index (χ0n) is 14.0. The van der Waals surface area contributed by atoms with Gasteiger partial charge in [-0.2, -0.15) is 0 Å². The number of carbonyl (C=O) groups excluding carboxylic acids is 1. The highest BCUT2D eigenvalue weighted by molar-refractivity contribution is 5.80. The number of hydrogen-bond donors (Lipinski definition) is 1. The molecule has 1 atom stereocenters. The number of hydrogen-bond acceptors (Lipinski definition) is 3. The van der Waals surface area contributed by atoms with Gasteiger partial charge in [0.05, 0.1) is 0 Å². The summed E-state index contributed by atoms with van der Waals surface area (Å²) in [5.41, 5.74) is 2.19. The highest BCUT2D eigenvalue weighted by atomic mass is 16.5. The lowest BCUT2D eigenvalue weighted by atomic mass is 10.1. The van der Waals surface area contributed by atoms with Gasteiger partial charge in [0.1, 0.15) is 5.75 Å². The number of likely N-dealkylation sites (tertiary alicyclic amines) is 1. The van der Waals surface area contributed by atoms with Gasteiger partial charge in [0.2, 0.25) is 0 Å². The number of rotatable bonds is 7. The zero-order chi connectivity index (χ0) is 15.9. The highest BCUT2D eigenvalue weighted by Crippen LogP contribution is 2.20. The van der Waals surface area contributed by atoms with Crippen LogP contribution >= 0.6 is 0 Å². The third-order valence-electron chi connectivity index (χ3n) is 4.17. The molecule has 1 amide bonds. The second-order valence-electron chi connectivity index (χ2n) is 6.22. The van der Waals surface area contributed by atoms with Gasteiger partial charge >= 0.3 is 0 Å². The molecule has 0 aliphatic carbocycles. The van der Waals surface area contributed by atoms with Crippen LogP contribution in [0.2, 0.25) is 0 Å². The van der Waals surface area contributed by atoms with Gasteiger partial charge in [0, 0.05) is 6.54 Å². The molecule has 0 aromatic heterocycles. The Morgan fingerprint density at radius 3 is 2.77 bits per heavy atom. The smallest absolute Gasteiger partial charge is 0.260 e. The van der Waals surface area contributed by atoms with Crippen molar-refractivity contribution in [3.8, 4) is 5.75 Å². The van der Waals surface area contributed by atoms with Gasteiger partial charge in [-0.15, -0.1) is 0 Å². The van der Waals surface area contributed by atoms with Crippen molar-refractivity contribution in [2.24, 2.45) is 0 Å². The van der Waals surface area contributed by atoms with Crippen molar-refractivity contribution in [1.29, 1.82) is 0 Å². The van der Waals surface area contributed by atoms with Crippen molar-refractivity contribution in [2.45, 2.75) is 46.1 Å². The van der Waals surface area contributed by atoms with Crippen molar-refractivity contribution in [3.05, 3.63) is 29.3 Å². The van der Waals surface area contributed by atoms with Gasteiger partial charge in [-0.05, 0) is 76.9 Å². The Morgan fingerprint density at radius 1 is 1.32 bits per heavy atom. The largest absolute Gasteiger partial charge is 0.481 e. The number of ether oxygens (including phenoxy) is 1. The zero-order valence-corrected chi connectivity index (χ0v) is 14.0. The van der Waals surface area contributed by atoms with Crippen molar-refractivity contribution in [2.75, 3.05) is 26.2 Å². The number of carbonyl (C=O) groups is 1. The minimum absolute atomic E-state index is 0.0395. The molecule has 0 radical (unpaired) electrons. The van der Waals surface area contributed by atoms with Crippen molar-refractivity contribution >= 4 is 5.91 Å². The molecular formula is C18H28N2O2. The normalized spacial score (nSPS) is 16.5.